The van der Waals surface area contributed by atoms with Gasteiger partial charge in [-0.2, -0.15) is 0 Å². The number of hydrogen-bond acceptors (Lipinski definition) is 6. The molecule has 1 heterocycles. The molecule has 3 aromatic rings. The van der Waals surface area contributed by atoms with Gasteiger partial charge in [0.15, 0.2) is 5.75 Å². The molecule has 0 saturated carbocycles. The quantitative estimate of drug-likeness (QED) is 0.438. The summed E-state index contributed by atoms with van der Waals surface area (Å²) in [6, 6.07) is 17.0. The lowest BCUT2D eigenvalue weighted by Gasteiger charge is -2.12. The largest absolute Gasteiger partial charge is 0.490 e. The van der Waals surface area contributed by atoms with E-state index in [-0.39, 0.29) is 18.0 Å². The minimum atomic E-state index is -0.450. The normalized spacial score (nSPS) is 12.1. The van der Waals surface area contributed by atoms with Gasteiger partial charge in [-0.25, -0.2) is 0 Å². The SMILES string of the molecule is COc1cc(-c2ccc3c(c2)Nc2ccc(CCO)cc2NC3)ccc1[N+](=O)[O-]. The summed E-state index contributed by atoms with van der Waals surface area (Å²) in [5.41, 5.74) is 6.83. The zero-order chi connectivity index (χ0) is 20.4. The topological polar surface area (TPSA) is 96.7 Å². The predicted octanol–water partition coefficient (Wildman–Crippen LogP) is 4.47. The van der Waals surface area contributed by atoms with Crippen molar-refractivity contribution < 1.29 is 14.8 Å². The summed E-state index contributed by atoms with van der Waals surface area (Å²) in [7, 11) is 1.43. The Hall–Kier alpha value is -3.58. The Labute approximate surface area is 168 Å². The van der Waals surface area contributed by atoms with Gasteiger partial charge >= 0.3 is 5.69 Å². The Bertz CT molecular complexity index is 1080. The molecule has 0 atom stereocenters. The lowest BCUT2D eigenvalue weighted by atomic mass is 10.0. The van der Waals surface area contributed by atoms with E-state index in [0.29, 0.717) is 13.0 Å². The molecule has 0 bridgehead atoms. The fraction of sp³-hybridized carbons (Fsp3) is 0.182. The molecule has 4 rings (SSSR count). The van der Waals surface area contributed by atoms with Gasteiger partial charge in [0.1, 0.15) is 0 Å². The van der Waals surface area contributed by atoms with E-state index in [4.69, 9.17) is 9.84 Å². The summed E-state index contributed by atoms with van der Waals surface area (Å²) in [6.07, 6.45) is 0.619. The van der Waals surface area contributed by atoms with Crippen LogP contribution in [-0.4, -0.2) is 23.7 Å². The first-order valence-corrected chi connectivity index (χ1v) is 9.29. The van der Waals surface area contributed by atoms with Crippen molar-refractivity contribution in [2.75, 3.05) is 24.4 Å². The van der Waals surface area contributed by atoms with E-state index in [0.717, 1.165) is 39.3 Å². The van der Waals surface area contributed by atoms with Crippen molar-refractivity contribution in [3.63, 3.8) is 0 Å². The molecule has 7 heteroatoms. The molecule has 0 radical (unpaired) electrons. The number of nitrogens with one attached hydrogen (secondary N) is 2. The van der Waals surface area contributed by atoms with Gasteiger partial charge in [0.2, 0.25) is 0 Å². The number of aliphatic hydroxyl groups excluding tert-OH is 1. The Kier molecular flexibility index (Phi) is 5.05. The van der Waals surface area contributed by atoms with E-state index in [2.05, 4.69) is 10.6 Å². The third-order valence-electron chi connectivity index (χ3n) is 5.04. The number of fused-ring (bicyclic) bond motifs is 2. The number of ether oxygens (including phenoxy) is 1. The van der Waals surface area contributed by atoms with E-state index in [1.54, 1.807) is 12.1 Å². The van der Waals surface area contributed by atoms with Crippen molar-refractivity contribution in [2.24, 2.45) is 0 Å². The van der Waals surface area contributed by atoms with Gasteiger partial charge in [-0.15, -0.1) is 0 Å². The number of aliphatic hydroxyl groups is 1. The van der Waals surface area contributed by atoms with E-state index in [1.165, 1.54) is 13.2 Å². The molecule has 148 valence electrons. The molecule has 0 aliphatic carbocycles. The van der Waals surface area contributed by atoms with Gasteiger partial charge < -0.3 is 20.5 Å². The molecule has 0 fully saturated rings. The van der Waals surface area contributed by atoms with Gasteiger partial charge in [-0.05, 0) is 59.0 Å². The Morgan fingerprint density at radius 1 is 1.03 bits per heavy atom. The van der Waals surface area contributed by atoms with Crippen LogP contribution in [0.3, 0.4) is 0 Å². The number of hydrogen-bond donors (Lipinski definition) is 3. The van der Waals surface area contributed by atoms with E-state index < -0.39 is 4.92 Å². The number of methoxy groups -OCH3 is 1. The van der Waals surface area contributed by atoms with Crippen molar-refractivity contribution in [2.45, 2.75) is 13.0 Å². The van der Waals surface area contributed by atoms with Crippen LogP contribution in [-0.2, 0) is 13.0 Å². The van der Waals surface area contributed by atoms with E-state index in [1.807, 2.05) is 36.4 Å². The highest BCUT2D eigenvalue weighted by molar-refractivity contribution is 5.81. The Morgan fingerprint density at radius 2 is 1.83 bits per heavy atom. The second-order valence-electron chi connectivity index (χ2n) is 6.85. The summed E-state index contributed by atoms with van der Waals surface area (Å²) in [6.45, 7) is 0.788. The molecule has 0 spiro atoms. The molecule has 0 unspecified atom stereocenters. The van der Waals surface area contributed by atoms with Crippen LogP contribution in [0.2, 0.25) is 0 Å². The molecule has 0 aromatic heterocycles. The van der Waals surface area contributed by atoms with Crippen LogP contribution in [0.25, 0.3) is 11.1 Å². The molecule has 1 aliphatic heterocycles. The minimum absolute atomic E-state index is 0.0547. The van der Waals surface area contributed by atoms with Crippen molar-refractivity contribution >= 4 is 22.7 Å². The Morgan fingerprint density at radius 3 is 2.59 bits per heavy atom. The van der Waals surface area contributed by atoms with Crippen LogP contribution in [0.4, 0.5) is 22.7 Å². The number of nitro benzene ring substituents is 1. The number of nitrogens with zero attached hydrogens (tertiary/aromatic N) is 1. The molecule has 7 nitrogen and oxygen atoms in total. The summed E-state index contributed by atoms with van der Waals surface area (Å²) in [5.74, 6) is 0.235. The van der Waals surface area contributed by atoms with Gasteiger partial charge in [-0.1, -0.05) is 18.2 Å². The average Bonchev–Trinajstić information content (AvgIpc) is 2.91. The zero-order valence-corrected chi connectivity index (χ0v) is 15.9. The molecule has 0 saturated heterocycles. The molecule has 0 amide bonds. The highest BCUT2D eigenvalue weighted by Gasteiger charge is 2.17. The standard InChI is InChI=1S/C22H21N3O4/c1-29-22-12-16(5-7-21(22)25(27)28)15-3-4-17-13-23-20-10-14(8-9-26)2-6-18(20)24-19(17)11-15/h2-7,10-12,23-24,26H,8-9,13H2,1H3. The van der Waals surface area contributed by atoms with Crippen LogP contribution in [0, 0.1) is 10.1 Å². The summed E-state index contributed by atoms with van der Waals surface area (Å²) >= 11 is 0. The van der Waals surface area contributed by atoms with Crippen LogP contribution >= 0.6 is 0 Å². The van der Waals surface area contributed by atoms with Crippen LogP contribution < -0.4 is 15.4 Å². The van der Waals surface area contributed by atoms with Crippen molar-refractivity contribution in [3.05, 3.63) is 75.8 Å². The number of anilines is 3. The van der Waals surface area contributed by atoms with Crippen molar-refractivity contribution in [3.8, 4) is 16.9 Å². The average molecular weight is 391 g/mol. The predicted molar refractivity (Wildman–Crippen MR) is 113 cm³/mol. The van der Waals surface area contributed by atoms with E-state index >= 15 is 0 Å². The maximum absolute atomic E-state index is 11.1. The van der Waals surface area contributed by atoms with Crippen LogP contribution in [0.1, 0.15) is 11.1 Å². The third kappa shape index (κ3) is 3.72. The molecular formula is C22H21N3O4. The van der Waals surface area contributed by atoms with Crippen LogP contribution in [0.5, 0.6) is 5.75 Å². The van der Waals surface area contributed by atoms with E-state index in [9.17, 15) is 10.1 Å². The van der Waals surface area contributed by atoms with Gasteiger partial charge in [0, 0.05) is 24.9 Å². The minimum Gasteiger partial charge on any atom is -0.490 e. The van der Waals surface area contributed by atoms with Gasteiger partial charge in [0.05, 0.1) is 23.4 Å². The molecule has 29 heavy (non-hydrogen) atoms. The highest BCUT2D eigenvalue weighted by Crippen LogP contribution is 2.37. The third-order valence-corrected chi connectivity index (χ3v) is 5.04. The first-order valence-electron chi connectivity index (χ1n) is 9.29. The van der Waals surface area contributed by atoms with Crippen molar-refractivity contribution in [1.29, 1.82) is 0 Å². The fourth-order valence-electron chi connectivity index (χ4n) is 3.50. The summed E-state index contributed by atoms with van der Waals surface area (Å²) in [5, 5.41) is 27.2. The molecule has 3 aromatic carbocycles. The highest BCUT2D eigenvalue weighted by atomic mass is 16.6. The first-order chi connectivity index (χ1) is 14.1. The molecule has 3 N–H and O–H groups in total. The first kappa shape index (κ1) is 18.8. The second kappa shape index (κ2) is 7.81. The zero-order valence-electron chi connectivity index (χ0n) is 15.9. The van der Waals surface area contributed by atoms with Gasteiger partial charge in [0.25, 0.3) is 0 Å². The summed E-state index contributed by atoms with van der Waals surface area (Å²) in [4.78, 5) is 10.7. The fourth-order valence-corrected chi connectivity index (χ4v) is 3.50. The number of benzene rings is 3. The Balaban J connectivity index is 1.69. The lowest BCUT2D eigenvalue weighted by molar-refractivity contribution is -0.385. The maximum atomic E-state index is 11.1. The van der Waals surface area contributed by atoms with Crippen LogP contribution in [0.15, 0.2) is 54.6 Å². The molecule has 1 aliphatic rings. The maximum Gasteiger partial charge on any atom is 0.310 e. The van der Waals surface area contributed by atoms with Gasteiger partial charge in [-0.3, -0.25) is 10.1 Å². The number of rotatable bonds is 5. The molecular weight excluding hydrogens is 370 g/mol. The van der Waals surface area contributed by atoms with Crippen molar-refractivity contribution in [1.82, 2.24) is 0 Å². The second-order valence-corrected chi connectivity index (χ2v) is 6.85. The smallest absolute Gasteiger partial charge is 0.310 e. The lowest BCUT2D eigenvalue weighted by Crippen LogP contribution is -1.99. The number of nitro groups is 1. The monoisotopic (exact) mass is 391 g/mol. The summed E-state index contributed by atoms with van der Waals surface area (Å²) < 4.78 is 5.19.